The fourth-order valence-corrected chi connectivity index (χ4v) is 3.33. The smallest absolute Gasteiger partial charge is 0.303 e. The fraction of sp³-hybridized carbons (Fsp3) is 0.833. The molecule has 0 aliphatic heterocycles. The first kappa shape index (κ1) is 21.1. The molecule has 4 heteroatoms. The maximum Gasteiger partial charge on any atom is 0.303 e. The molecule has 0 heterocycles. The molecule has 130 valence electrons. The normalized spacial score (nSPS) is 13.0. The zero-order valence-corrected chi connectivity index (χ0v) is 14.6. The molecule has 1 unspecified atom stereocenters. The Morgan fingerprint density at radius 3 is 2.27 bits per heavy atom. The highest BCUT2D eigenvalue weighted by molar-refractivity contribution is 5.66. The van der Waals surface area contributed by atoms with E-state index in [1.807, 2.05) is 6.08 Å². The lowest BCUT2D eigenvalue weighted by atomic mass is 10.1. The number of aliphatic carboxylic acids is 1. The van der Waals surface area contributed by atoms with Crippen LogP contribution in [0, 0.1) is 0 Å². The van der Waals surface area contributed by atoms with Crippen LogP contribution in [0.15, 0.2) is 12.7 Å². The third-order valence-electron chi connectivity index (χ3n) is 4.21. The van der Waals surface area contributed by atoms with Gasteiger partial charge >= 0.3 is 5.97 Å². The number of quaternary nitrogens is 1. The molecule has 0 aromatic heterocycles. The van der Waals surface area contributed by atoms with Gasteiger partial charge in [0.2, 0.25) is 0 Å². The quantitative estimate of drug-likeness (QED) is 0.276. The molecule has 0 spiro atoms. The zero-order valence-electron chi connectivity index (χ0n) is 14.6. The van der Waals surface area contributed by atoms with Crippen molar-refractivity contribution in [2.75, 3.05) is 26.2 Å². The van der Waals surface area contributed by atoms with E-state index in [-0.39, 0.29) is 12.5 Å². The average molecular weight is 314 g/mol. The van der Waals surface area contributed by atoms with Crippen molar-refractivity contribution in [3.8, 4) is 0 Å². The minimum absolute atomic E-state index is 0.225. The van der Waals surface area contributed by atoms with E-state index in [9.17, 15) is 9.90 Å². The van der Waals surface area contributed by atoms with Crippen LogP contribution in [-0.2, 0) is 4.79 Å². The van der Waals surface area contributed by atoms with Crippen molar-refractivity contribution >= 4 is 5.97 Å². The number of aliphatic hydroxyl groups is 1. The molecule has 1 atom stereocenters. The first-order valence-electron chi connectivity index (χ1n) is 8.85. The Bertz CT molecular complexity index is 299. The van der Waals surface area contributed by atoms with Gasteiger partial charge in [-0.1, -0.05) is 26.3 Å². The Balaban J connectivity index is 4.52. The number of carboxylic acid groups (broad SMARTS) is 1. The van der Waals surface area contributed by atoms with Gasteiger partial charge in [0.05, 0.1) is 26.1 Å². The summed E-state index contributed by atoms with van der Waals surface area (Å²) < 4.78 is 0.864. The Morgan fingerprint density at radius 1 is 1.14 bits per heavy atom. The summed E-state index contributed by atoms with van der Waals surface area (Å²) in [4.78, 5) is 10.8. The van der Waals surface area contributed by atoms with E-state index < -0.39 is 5.97 Å². The predicted molar refractivity (Wildman–Crippen MR) is 91.9 cm³/mol. The predicted octanol–water partition coefficient (Wildman–Crippen LogP) is 3.60. The van der Waals surface area contributed by atoms with Gasteiger partial charge in [-0.05, 0) is 32.1 Å². The van der Waals surface area contributed by atoms with Gasteiger partial charge in [-0.25, -0.2) is 0 Å². The largest absolute Gasteiger partial charge is 0.481 e. The van der Waals surface area contributed by atoms with E-state index in [0.717, 1.165) is 69.2 Å². The van der Waals surface area contributed by atoms with Crippen LogP contribution >= 0.6 is 0 Å². The number of rotatable bonds is 15. The van der Waals surface area contributed by atoms with Gasteiger partial charge in [0.15, 0.2) is 0 Å². The van der Waals surface area contributed by atoms with E-state index in [1.54, 1.807) is 0 Å². The highest BCUT2D eigenvalue weighted by atomic mass is 16.4. The number of unbranched alkanes of at least 4 members (excludes halogenated alkanes) is 2. The molecule has 0 bridgehead atoms. The van der Waals surface area contributed by atoms with E-state index in [4.69, 9.17) is 5.11 Å². The molecular formula is C18H36NO3+. The summed E-state index contributed by atoms with van der Waals surface area (Å²) in [5.41, 5.74) is 0. The van der Waals surface area contributed by atoms with Gasteiger partial charge in [0, 0.05) is 6.42 Å². The highest BCUT2D eigenvalue weighted by Gasteiger charge is 2.28. The van der Waals surface area contributed by atoms with Crippen molar-refractivity contribution in [3.05, 3.63) is 12.7 Å². The topological polar surface area (TPSA) is 57.5 Å². The molecule has 0 saturated heterocycles. The SMILES string of the molecule is C=CCCCCC(O)C[N+](CCC)(CCC)CCCC(=O)O. The van der Waals surface area contributed by atoms with Crippen LogP contribution in [0.5, 0.6) is 0 Å². The standard InChI is InChI=1S/C18H35NO3/c1-4-7-8-9-11-17(20)16-19(13-5-2,14-6-3)15-10-12-18(21)22/h4,17,20H,1,5-16H2,2-3H3/p+1. The van der Waals surface area contributed by atoms with Crippen LogP contribution in [0.25, 0.3) is 0 Å². The number of hydrogen-bond donors (Lipinski definition) is 2. The van der Waals surface area contributed by atoms with Crippen molar-refractivity contribution < 1.29 is 19.5 Å². The Hall–Kier alpha value is -0.870. The van der Waals surface area contributed by atoms with Crippen LogP contribution in [0.2, 0.25) is 0 Å². The summed E-state index contributed by atoms with van der Waals surface area (Å²) in [7, 11) is 0. The van der Waals surface area contributed by atoms with E-state index in [2.05, 4.69) is 20.4 Å². The Morgan fingerprint density at radius 2 is 1.77 bits per heavy atom. The average Bonchev–Trinajstić information content (AvgIpc) is 2.44. The van der Waals surface area contributed by atoms with Crippen molar-refractivity contribution in [1.82, 2.24) is 0 Å². The highest BCUT2D eigenvalue weighted by Crippen LogP contribution is 2.16. The lowest BCUT2D eigenvalue weighted by Gasteiger charge is -2.40. The third-order valence-corrected chi connectivity index (χ3v) is 4.21. The van der Waals surface area contributed by atoms with Gasteiger partial charge in [0.1, 0.15) is 12.6 Å². The molecule has 0 amide bonds. The van der Waals surface area contributed by atoms with Crippen LogP contribution in [0.1, 0.15) is 65.2 Å². The molecule has 0 rings (SSSR count). The lowest BCUT2D eigenvalue weighted by molar-refractivity contribution is -0.931. The van der Waals surface area contributed by atoms with Crippen LogP contribution in [0.4, 0.5) is 0 Å². The lowest BCUT2D eigenvalue weighted by Crippen LogP contribution is -2.53. The number of aliphatic hydroxyl groups excluding tert-OH is 1. The van der Waals surface area contributed by atoms with Crippen molar-refractivity contribution in [2.45, 2.75) is 71.3 Å². The molecular weight excluding hydrogens is 278 g/mol. The van der Waals surface area contributed by atoms with Crippen LogP contribution < -0.4 is 0 Å². The number of hydrogen-bond acceptors (Lipinski definition) is 2. The zero-order chi connectivity index (χ0) is 16.8. The van der Waals surface area contributed by atoms with E-state index in [1.165, 1.54) is 0 Å². The summed E-state index contributed by atoms with van der Waals surface area (Å²) in [6.07, 6.45) is 8.64. The molecule has 0 radical (unpaired) electrons. The first-order chi connectivity index (χ1) is 10.5. The second-order valence-electron chi connectivity index (χ2n) is 6.42. The number of allylic oxidation sites excluding steroid dienone is 1. The van der Waals surface area contributed by atoms with E-state index in [0.29, 0.717) is 6.42 Å². The maximum atomic E-state index is 10.8. The van der Waals surface area contributed by atoms with Crippen molar-refractivity contribution in [3.63, 3.8) is 0 Å². The number of carbonyl (C=O) groups is 1. The molecule has 0 aromatic rings. The summed E-state index contributed by atoms with van der Waals surface area (Å²) in [5.74, 6) is -0.726. The molecule has 0 aromatic carbocycles. The molecule has 0 fully saturated rings. The second kappa shape index (κ2) is 12.7. The fourth-order valence-electron chi connectivity index (χ4n) is 3.33. The molecule has 0 aliphatic carbocycles. The molecule has 0 aliphatic rings. The van der Waals surface area contributed by atoms with Crippen LogP contribution in [-0.4, -0.2) is 52.9 Å². The van der Waals surface area contributed by atoms with Crippen LogP contribution in [0.3, 0.4) is 0 Å². The summed E-state index contributed by atoms with van der Waals surface area (Å²) >= 11 is 0. The molecule has 0 saturated carbocycles. The summed E-state index contributed by atoms with van der Waals surface area (Å²) in [6, 6.07) is 0. The minimum atomic E-state index is -0.726. The Kier molecular flexibility index (Phi) is 12.2. The van der Waals surface area contributed by atoms with Gasteiger partial charge < -0.3 is 14.7 Å². The van der Waals surface area contributed by atoms with Gasteiger partial charge in [-0.15, -0.1) is 6.58 Å². The first-order valence-corrected chi connectivity index (χ1v) is 8.85. The molecule has 4 nitrogen and oxygen atoms in total. The molecule has 2 N–H and O–H groups in total. The minimum Gasteiger partial charge on any atom is -0.481 e. The van der Waals surface area contributed by atoms with E-state index >= 15 is 0 Å². The number of nitrogens with zero attached hydrogens (tertiary/aromatic N) is 1. The van der Waals surface area contributed by atoms with Crippen molar-refractivity contribution in [1.29, 1.82) is 0 Å². The monoisotopic (exact) mass is 314 g/mol. The summed E-state index contributed by atoms with van der Waals surface area (Å²) in [6.45, 7) is 11.7. The van der Waals surface area contributed by atoms with Gasteiger partial charge in [-0.2, -0.15) is 0 Å². The molecule has 22 heavy (non-hydrogen) atoms. The Labute approximate surface area is 136 Å². The van der Waals surface area contributed by atoms with Gasteiger partial charge in [0.25, 0.3) is 0 Å². The van der Waals surface area contributed by atoms with Gasteiger partial charge in [-0.3, -0.25) is 4.79 Å². The maximum absolute atomic E-state index is 10.8. The van der Waals surface area contributed by atoms with Crippen molar-refractivity contribution in [2.24, 2.45) is 0 Å². The second-order valence-corrected chi connectivity index (χ2v) is 6.42. The summed E-state index contributed by atoms with van der Waals surface area (Å²) in [5, 5.41) is 19.2. The number of carboxylic acids is 1. The third kappa shape index (κ3) is 9.96.